The van der Waals surface area contributed by atoms with Gasteiger partial charge in [-0.15, -0.1) is 0 Å². The van der Waals surface area contributed by atoms with Crippen LogP contribution in [-0.2, 0) is 13.0 Å². The predicted octanol–water partition coefficient (Wildman–Crippen LogP) is 3.95. The highest BCUT2D eigenvalue weighted by Gasteiger charge is 2.27. The molecule has 0 unspecified atom stereocenters. The zero-order chi connectivity index (χ0) is 18.8. The second-order valence-corrected chi connectivity index (χ2v) is 7.60. The molecule has 0 bridgehead atoms. The van der Waals surface area contributed by atoms with Crippen molar-refractivity contribution in [3.05, 3.63) is 63.2 Å². The molecule has 27 heavy (non-hydrogen) atoms. The Balaban J connectivity index is 1.41. The summed E-state index contributed by atoms with van der Waals surface area (Å²) < 4.78 is 0. The molecule has 0 amide bonds. The molecule has 4 rings (SSSR count). The van der Waals surface area contributed by atoms with E-state index in [4.69, 9.17) is 0 Å². The van der Waals surface area contributed by atoms with E-state index in [1.54, 1.807) is 6.07 Å². The number of anilines is 2. The van der Waals surface area contributed by atoms with Gasteiger partial charge in [0.25, 0.3) is 5.69 Å². The zero-order valence-corrected chi connectivity index (χ0v) is 15.7. The molecule has 2 aliphatic heterocycles. The lowest BCUT2D eigenvalue weighted by atomic mass is 10.0. The van der Waals surface area contributed by atoms with E-state index in [2.05, 4.69) is 46.7 Å². The van der Waals surface area contributed by atoms with E-state index in [9.17, 15) is 10.1 Å². The fraction of sp³-hybridized carbons (Fsp3) is 0.429. The maximum Gasteiger partial charge on any atom is 0.292 e. The lowest BCUT2D eigenvalue weighted by Gasteiger charge is -2.33. The molecule has 0 saturated carbocycles. The Labute approximate surface area is 159 Å². The lowest BCUT2D eigenvalue weighted by Crippen LogP contribution is -2.38. The van der Waals surface area contributed by atoms with Crippen molar-refractivity contribution in [1.29, 1.82) is 0 Å². The molecule has 142 valence electrons. The summed E-state index contributed by atoms with van der Waals surface area (Å²) in [6, 6.07) is 12.4. The molecule has 0 aliphatic carbocycles. The van der Waals surface area contributed by atoms with E-state index < -0.39 is 0 Å². The monoisotopic (exact) mass is 366 g/mol. The minimum atomic E-state index is -0.270. The standard InChI is InChI=1S/C21H26N4O2/c1-15-3-2-4-16(13-15)14-24-11-8-17(9-12-24)23-21-18-7-10-22-19(18)5-6-20(21)25(26)27/h2-6,13,17,22-23H,7-12,14H2,1H3. The molecular weight excluding hydrogens is 340 g/mol. The van der Waals surface area contributed by atoms with Crippen LogP contribution in [0.5, 0.6) is 0 Å². The Morgan fingerprint density at radius 1 is 1.26 bits per heavy atom. The SMILES string of the molecule is Cc1cccc(CN2CCC(Nc3c([N+](=O)[O-])ccc4c3CCN4)CC2)c1. The lowest BCUT2D eigenvalue weighted by molar-refractivity contribution is -0.384. The number of piperidine rings is 1. The number of rotatable bonds is 5. The van der Waals surface area contributed by atoms with Crippen molar-refractivity contribution in [3.63, 3.8) is 0 Å². The first-order valence-corrected chi connectivity index (χ1v) is 9.69. The third-order valence-electron chi connectivity index (χ3n) is 5.60. The van der Waals surface area contributed by atoms with E-state index in [0.29, 0.717) is 0 Å². The van der Waals surface area contributed by atoms with Crippen molar-refractivity contribution >= 4 is 17.1 Å². The molecule has 6 heteroatoms. The number of hydrogen-bond donors (Lipinski definition) is 2. The highest BCUT2D eigenvalue weighted by atomic mass is 16.6. The highest BCUT2D eigenvalue weighted by molar-refractivity contribution is 5.77. The number of hydrogen-bond acceptors (Lipinski definition) is 5. The van der Waals surface area contributed by atoms with Crippen LogP contribution in [0.25, 0.3) is 0 Å². The Morgan fingerprint density at radius 3 is 2.81 bits per heavy atom. The van der Waals surface area contributed by atoms with Crippen LogP contribution >= 0.6 is 0 Å². The Bertz CT molecular complexity index is 844. The van der Waals surface area contributed by atoms with Gasteiger partial charge in [0, 0.05) is 49.5 Å². The summed E-state index contributed by atoms with van der Waals surface area (Å²) in [6.45, 7) is 5.96. The van der Waals surface area contributed by atoms with E-state index in [0.717, 1.165) is 62.4 Å². The Morgan fingerprint density at radius 2 is 2.07 bits per heavy atom. The summed E-state index contributed by atoms with van der Waals surface area (Å²) in [6.07, 6.45) is 2.84. The fourth-order valence-corrected chi connectivity index (χ4v) is 4.20. The summed E-state index contributed by atoms with van der Waals surface area (Å²) in [5, 5.41) is 18.3. The molecule has 0 spiro atoms. The average molecular weight is 366 g/mol. The molecular formula is C21H26N4O2. The number of nitro benzene ring substituents is 1. The van der Waals surface area contributed by atoms with Crippen molar-refractivity contribution in [2.45, 2.75) is 38.8 Å². The third kappa shape index (κ3) is 3.90. The first-order valence-electron chi connectivity index (χ1n) is 9.69. The zero-order valence-electron chi connectivity index (χ0n) is 15.7. The molecule has 2 aliphatic rings. The number of likely N-dealkylation sites (tertiary alicyclic amines) is 1. The van der Waals surface area contributed by atoms with Gasteiger partial charge in [-0.1, -0.05) is 29.8 Å². The van der Waals surface area contributed by atoms with Gasteiger partial charge in [-0.25, -0.2) is 0 Å². The van der Waals surface area contributed by atoms with E-state index in [1.165, 1.54) is 11.1 Å². The smallest absolute Gasteiger partial charge is 0.292 e. The number of fused-ring (bicyclic) bond motifs is 1. The first-order chi connectivity index (χ1) is 13.1. The second kappa shape index (κ2) is 7.56. The molecule has 0 atom stereocenters. The van der Waals surface area contributed by atoms with E-state index in [1.807, 2.05) is 6.07 Å². The topological polar surface area (TPSA) is 70.4 Å². The van der Waals surface area contributed by atoms with Crippen molar-refractivity contribution in [2.75, 3.05) is 30.3 Å². The molecule has 0 radical (unpaired) electrons. The molecule has 2 N–H and O–H groups in total. The maximum atomic E-state index is 11.5. The van der Waals surface area contributed by atoms with Gasteiger partial charge in [0.1, 0.15) is 5.69 Å². The minimum Gasteiger partial charge on any atom is -0.384 e. The van der Waals surface area contributed by atoms with Crippen LogP contribution in [0.1, 0.15) is 29.5 Å². The van der Waals surface area contributed by atoms with Gasteiger partial charge in [-0.2, -0.15) is 0 Å². The molecule has 6 nitrogen and oxygen atoms in total. The van der Waals surface area contributed by atoms with Gasteiger partial charge in [0.2, 0.25) is 0 Å². The van der Waals surface area contributed by atoms with Crippen LogP contribution in [0.3, 0.4) is 0 Å². The van der Waals surface area contributed by atoms with Gasteiger partial charge < -0.3 is 10.6 Å². The normalized spacial score (nSPS) is 17.4. The molecule has 2 aromatic rings. The molecule has 1 fully saturated rings. The van der Waals surface area contributed by atoms with Crippen LogP contribution in [0.4, 0.5) is 17.1 Å². The van der Waals surface area contributed by atoms with Crippen LogP contribution < -0.4 is 10.6 Å². The highest BCUT2D eigenvalue weighted by Crippen LogP contribution is 2.38. The summed E-state index contributed by atoms with van der Waals surface area (Å²) in [7, 11) is 0. The van der Waals surface area contributed by atoms with Crippen molar-refractivity contribution in [1.82, 2.24) is 4.90 Å². The molecule has 2 aromatic carbocycles. The van der Waals surface area contributed by atoms with E-state index in [-0.39, 0.29) is 16.7 Å². The first kappa shape index (κ1) is 17.8. The predicted molar refractivity (Wildman–Crippen MR) is 108 cm³/mol. The maximum absolute atomic E-state index is 11.5. The van der Waals surface area contributed by atoms with Gasteiger partial charge in [0.05, 0.1) is 4.92 Å². The van der Waals surface area contributed by atoms with Gasteiger partial charge in [-0.3, -0.25) is 15.0 Å². The molecule has 0 aromatic heterocycles. The largest absolute Gasteiger partial charge is 0.384 e. The Hall–Kier alpha value is -2.60. The van der Waals surface area contributed by atoms with Crippen molar-refractivity contribution in [2.24, 2.45) is 0 Å². The van der Waals surface area contributed by atoms with Gasteiger partial charge in [0.15, 0.2) is 0 Å². The number of aryl methyl sites for hydroxylation is 1. The number of benzene rings is 2. The van der Waals surface area contributed by atoms with Crippen LogP contribution in [-0.4, -0.2) is 35.5 Å². The van der Waals surface area contributed by atoms with Crippen LogP contribution in [0, 0.1) is 17.0 Å². The second-order valence-electron chi connectivity index (χ2n) is 7.60. The number of nitrogens with one attached hydrogen (secondary N) is 2. The average Bonchev–Trinajstić information content (AvgIpc) is 3.12. The molecule has 2 heterocycles. The quantitative estimate of drug-likeness (QED) is 0.619. The van der Waals surface area contributed by atoms with E-state index >= 15 is 0 Å². The fourth-order valence-electron chi connectivity index (χ4n) is 4.20. The van der Waals surface area contributed by atoms with Gasteiger partial charge >= 0.3 is 0 Å². The van der Waals surface area contributed by atoms with Crippen LogP contribution in [0.15, 0.2) is 36.4 Å². The van der Waals surface area contributed by atoms with Gasteiger partial charge in [-0.05, 0) is 37.8 Å². The molecule has 1 saturated heterocycles. The summed E-state index contributed by atoms with van der Waals surface area (Å²) in [5.41, 5.74) is 5.65. The number of nitrogens with zero attached hydrogens (tertiary/aromatic N) is 2. The summed E-state index contributed by atoms with van der Waals surface area (Å²) in [5.74, 6) is 0. The van der Waals surface area contributed by atoms with Crippen molar-refractivity contribution in [3.8, 4) is 0 Å². The summed E-state index contributed by atoms with van der Waals surface area (Å²) in [4.78, 5) is 13.7. The van der Waals surface area contributed by atoms with Crippen LogP contribution in [0.2, 0.25) is 0 Å². The minimum absolute atomic E-state index is 0.194. The Kier molecular flexibility index (Phi) is 4.99. The third-order valence-corrected chi connectivity index (χ3v) is 5.60. The summed E-state index contributed by atoms with van der Waals surface area (Å²) >= 11 is 0. The number of nitro groups is 1. The van der Waals surface area contributed by atoms with Crippen molar-refractivity contribution < 1.29 is 4.92 Å².